The van der Waals surface area contributed by atoms with Gasteiger partial charge < -0.3 is 0 Å². The Kier molecular flexibility index (Phi) is 4.61. The molecule has 1 saturated carbocycles. The lowest BCUT2D eigenvalue weighted by Gasteiger charge is -2.36. The molecule has 7 heteroatoms. The van der Waals surface area contributed by atoms with E-state index < -0.39 is 10.0 Å². The molecule has 1 aromatic rings. The van der Waals surface area contributed by atoms with Gasteiger partial charge >= 0.3 is 0 Å². The van der Waals surface area contributed by atoms with Crippen LogP contribution in [-0.2, 0) is 17.1 Å². The average Bonchev–Trinajstić information content (AvgIpc) is 2.64. The fourth-order valence-electron chi connectivity index (χ4n) is 2.97. The van der Waals surface area contributed by atoms with Gasteiger partial charge in [0, 0.05) is 17.9 Å². The van der Waals surface area contributed by atoms with Crippen LogP contribution in [0, 0.1) is 13.8 Å². The minimum Gasteiger partial charge on any atom is -0.271 e. The zero-order valence-electron chi connectivity index (χ0n) is 12.2. The Morgan fingerprint density at radius 1 is 1.30 bits per heavy atom. The van der Waals surface area contributed by atoms with Crippen LogP contribution in [0.1, 0.15) is 43.5 Å². The number of halogens is 1. The summed E-state index contributed by atoms with van der Waals surface area (Å²) in [7, 11) is -1.77. The lowest BCUT2D eigenvalue weighted by molar-refractivity contribution is 0.301. The minimum atomic E-state index is -3.53. The van der Waals surface area contributed by atoms with Crippen molar-refractivity contribution in [1.82, 2.24) is 14.5 Å². The summed E-state index contributed by atoms with van der Waals surface area (Å²) in [6.07, 6.45) is 5.09. The Morgan fingerprint density at radius 2 is 1.90 bits per heavy atom. The maximum Gasteiger partial charge on any atom is 0.244 e. The summed E-state index contributed by atoms with van der Waals surface area (Å²) in [6, 6.07) is 0. The van der Waals surface area contributed by atoms with Crippen LogP contribution in [0.4, 0.5) is 0 Å². The molecule has 5 nitrogen and oxygen atoms in total. The molecule has 20 heavy (non-hydrogen) atoms. The normalized spacial score (nSPS) is 19.2. The molecule has 1 aliphatic rings. The molecule has 1 N–H and O–H groups in total. The van der Waals surface area contributed by atoms with Gasteiger partial charge in [-0.3, -0.25) is 4.68 Å². The molecule has 0 atom stereocenters. The van der Waals surface area contributed by atoms with Gasteiger partial charge in [-0.05, 0) is 26.7 Å². The van der Waals surface area contributed by atoms with Crippen molar-refractivity contribution in [2.24, 2.45) is 7.05 Å². The molecule has 1 aromatic heterocycles. The highest BCUT2D eigenvalue weighted by Crippen LogP contribution is 2.32. The Labute approximate surface area is 129 Å². The molecule has 0 amide bonds. The van der Waals surface area contributed by atoms with Gasteiger partial charge in [-0.25, -0.2) is 13.1 Å². The zero-order chi connectivity index (χ0) is 15.0. The highest BCUT2D eigenvalue weighted by molar-refractivity contribution is 9.09. The fourth-order valence-corrected chi connectivity index (χ4v) is 5.76. The number of aromatic nitrogens is 2. The van der Waals surface area contributed by atoms with Gasteiger partial charge in [-0.2, -0.15) is 5.10 Å². The molecule has 0 radical (unpaired) electrons. The fraction of sp³-hybridized carbons (Fsp3) is 0.769. The first-order valence-corrected chi connectivity index (χ1v) is 9.52. The highest BCUT2D eigenvalue weighted by atomic mass is 79.9. The monoisotopic (exact) mass is 363 g/mol. The maximum absolute atomic E-state index is 12.7. The first-order valence-electron chi connectivity index (χ1n) is 6.91. The van der Waals surface area contributed by atoms with E-state index in [1.807, 2.05) is 0 Å². The van der Waals surface area contributed by atoms with Crippen LogP contribution in [0.3, 0.4) is 0 Å². The number of aryl methyl sites for hydroxylation is 2. The first kappa shape index (κ1) is 16.0. The quantitative estimate of drug-likeness (QED) is 0.835. The van der Waals surface area contributed by atoms with Gasteiger partial charge in [0.05, 0.1) is 11.4 Å². The molecule has 0 saturated heterocycles. The number of rotatable bonds is 4. The van der Waals surface area contributed by atoms with Crippen molar-refractivity contribution in [2.75, 3.05) is 5.33 Å². The lowest BCUT2D eigenvalue weighted by atomic mass is 9.84. The summed E-state index contributed by atoms with van der Waals surface area (Å²) in [5.41, 5.74) is 0.875. The van der Waals surface area contributed by atoms with Crippen molar-refractivity contribution in [3.63, 3.8) is 0 Å². The highest BCUT2D eigenvalue weighted by Gasteiger charge is 2.37. The SMILES string of the molecule is Cc1nn(C)c(C)c1S(=O)(=O)NC1(CBr)CCCCC1. The number of alkyl halides is 1. The largest absolute Gasteiger partial charge is 0.271 e. The summed E-state index contributed by atoms with van der Waals surface area (Å²) < 4.78 is 30.0. The molecule has 0 spiro atoms. The third-order valence-electron chi connectivity index (χ3n) is 4.13. The first-order chi connectivity index (χ1) is 9.31. The smallest absolute Gasteiger partial charge is 0.244 e. The standard InChI is InChI=1S/C13H22BrN3O2S/c1-10-12(11(2)17(3)15-10)20(18,19)16-13(9-14)7-5-4-6-8-13/h16H,4-9H2,1-3H3. The number of sulfonamides is 1. The summed E-state index contributed by atoms with van der Waals surface area (Å²) in [4.78, 5) is 0.325. The van der Waals surface area contributed by atoms with Crippen molar-refractivity contribution < 1.29 is 8.42 Å². The van der Waals surface area contributed by atoms with Gasteiger partial charge in [0.15, 0.2) is 0 Å². The van der Waals surface area contributed by atoms with Crippen molar-refractivity contribution in [3.05, 3.63) is 11.4 Å². The summed E-state index contributed by atoms with van der Waals surface area (Å²) in [5, 5.41) is 4.85. The van der Waals surface area contributed by atoms with Crippen LogP contribution in [0.25, 0.3) is 0 Å². The Morgan fingerprint density at radius 3 is 2.35 bits per heavy atom. The minimum absolute atomic E-state index is 0.325. The van der Waals surface area contributed by atoms with Gasteiger partial charge in [0.25, 0.3) is 0 Å². The summed E-state index contributed by atoms with van der Waals surface area (Å²) in [6.45, 7) is 3.53. The van der Waals surface area contributed by atoms with Gasteiger partial charge in [-0.1, -0.05) is 35.2 Å². The molecule has 0 aromatic carbocycles. The predicted octanol–water partition coefficient (Wildman–Crippen LogP) is 2.41. The van der Waals surface area contributed by atoms with E-state index in [2.05, 4.69) is 25.8 Å². The Hall–Kier alpha value is -0.400. The molecular weight excluding hydrogens is 342 g/mol. The van der Waals surface area contributed by atoms with Crippen molar-refractivity contribution in [3.8, 4) is 0 Å². The lowest BCUT2D eigenvalue weighted by Crippen LogP contribution is -2.51. The summed E-state index contributed by atoms with van der Waals surface area (Å²) >= 11 is 3.49. The molecule has 1 aliphatic carbocycles. The van der Waals surface area contributed by atoms with Crippen LogP contribution in [0.5, 0.6) is 0 Å². The molecule has 0 aliphatic heterocycles. The number of nitrogens with one attached hydrogen (secondary N) is 1. The molecule has 0 unspecified atom stereocenters. The average molecular weight is 364 g/mol. The van der Waals surface area contributed by atoms with Crippen LogP contribution < -0.4 is 4.72 Å². The zero-order valence-corrected chi connectivity index (χ0v) is 14.6. The second-order valence-corrected chi connectivity index (χ2v) is 7.88. The third kappa shape index (κ3) is 2.94. The Bertz CT molecular complexity index is 589. The maximum atomic E-state index is 12.7. The molecule has 1 heterocycles. The molecule has 1 fully saturated rings. The molecule has 0 bridgehead atoms. The van der Waals surface area contributed by atoms with Crippen LogP contribution in [0.15, 0.2) is 4.90 Å². The van der Waals surface area contributed by atoms with E-state index in [9.17, 15) is 8.42 Å². The molecular formula is C13H22BrN3O2S. The number of hydrogen-bond acceptors (Lipinski definition) is 3. The molecule has 114 valence electrons. The second-order valence-electron chi connectivity index (χ2n) is 5.70. The van der Waals surface area contributed by atoms with E-state index in [1.165, 1.54) is 6.42 Å². The van der Waals surface area contributed by atoms with E-state index in [4.69, 9.17) is 0 Å². The van der Waals surface area contributed by atoms with Crippen LogP contribution >= 0.6 is 15.9 Å². The van der Waals surface area contributed by atoms with Gasteiger partial charge in [0.1, 0.15) is 4.90 Å². The van der Waals surface area contributed by atoms with Crippen LogP contribution in [0.2, 0.25) is 0 Å². The van der Waals surface area contributed by atoms with Crippen LogP contribution in [-0.4, -0.2) is 29.1 Å². The van der Waals surface area contributed by atoms with E-state index in [0.717, 1.165) is 25.7 Å². The topological polar surface area (TPSA) is 64.0 Å². The second kappa shape index (κ2) is 5.77. The predicted molar refractivity (Wildman–Crippen MR) is 82.6 cm³/mol. The van der Waals surface area contributed by atoms with E-state index in [1.54, 1.807) is 25.6 Å². The van der Waals surface area contributed by atoms with E-state index in [-0.39, 0.29) is 5.54 Å². The van der Waals surface area contributed by atoms with Gasteiger partial charge in [0.2, 0.25) is 10.0 Å². The van der Waals surface area contributed by atoms with Crippen molar-refractivity contribution in [2.45, 2.75) is 56.4 Å². The number of nitrogens with zero attached hydrogens (tertiary/aromatic N) is 2. The third-order valence-corrected chi connectivity index (χ3v) is 7.03. The summed E-state index contributed by atoms with van der Waals surface area (Å²) in [5.74, 6) is 0. The van der Waals surface area contributed by atoms with Gasteiger partial charge in [-0.15, -0.1) is 0 Å². The van der Waals surface area contributed by atoms with Crippen molar-refractivity contribution >= 4 is 26.0 Å². The Balaban J connectivity index is 2.35. The van der Waals surface area contributed by atoms with E-state index in [0.29, 0.717) is 21.6 Å². The van der Waals surface area contributed by atoms with E-state index >= 15 is 0 Å². The van der Waals surface area contributed by atoms with Crippen molar-refractivity contribution in [1.29, 1.82) is 0 Å². The number of hydrogen-bond donors (Lipinski definition) is 1. The molecule has 2 rings (SSSR count).